The van der Waals surface area contributed by atoms with Gasteiger partial charge in [0.15, 0.2) is 0 Å². The highest BCUT2D eigenvalue weighted by molar-refractivity contribution is 5.91. The molecule has 0 saturated heterocycles. The molecule has 2 aromatic carbocycles. The van der Waals surface area contributed by atoms with Crippen molar-refractivity contribution < 1.29 is 9.36 Å². The average Bonchev–Trinajstić information content (AvgIpc) is 3.33. The molecule has 2 atom stereocenters. The third-order valence-electron chi connectivity index (χ3n) is 6.08. The number of aryl methyl sites for hydroxylation is 1. The second kappa shape index (κ2) is 7.03. The molecular formula is C23H26N3O+. The van der Waals surface area contributed by atoms with E-state index in [4.69, 9.17) is 5.73 Å². The largest absolute Gasteiger partial charge is 0.369 e. The molecule has 1 saturated carbocycles. The molecule has 3 aromatic rings. The zero-order chi connectivity index (χ0) is 18.9. The first-order valence-electron chi connectivity index (χ1n) is 9.56. The maximum atomic E-state index is 13.1. The van der Waals surface area contributed by atoms with Crippen LogP contribution >= 0.6 is 0 Å². The lowest BCUT2D eigenvalue weighted by Gasteiger charge is -2.37. The van der Waals surface area contributed by atoms with E-state index in [1.807, 2.05) is 67.7 Å². The van der Waals surface area contributed by atoms with Gasteiger partial charge in [0.1, 0.15) is 23.9 Å². The Labute approximate surface area is 160 Å². The second-order valence-corrected chi connectivity index (χ2v) is 7.59. The number of amides is 1. The Kier molecular flexibility index (Phi) is 4.56. The van der Waals surface area contributed by atoms with Crippen LogP contribution in [0.1, 0.15) is 36.4 Å². The van der Waals surface area contributed by atoms with E-state index in [0.29, 0.717) is 6.04 Å². The van der Waals surface area contributed by atoms with E-state index in [0.717, 1.165) is 30.4 Å². The Bertz CT molecular complexity index is 878. The first-order valence-corrected chi connectivity index (χ1v) is 9.56. The summed E-state index contributed by atoms with van der Waals surface area (Å²) in [4.78, 5) is 13.1. The molecule has 0 spiro atoms. The molecule has 0 aliphatic heterocycles. The molecule has 1 aromatic heterocycles. The first-order chi connectivity index (χ1) is 13.1. The summed E-state index contributed by atoms with van der Waals surface area (Å²) in [5, 5.41) is 0. The highest BCUT2D eigenvalue weighted by Crippen LogP contribution is 2.49. The molecular weight excluding hydrogens is 334 g/mol. The molecule has 138 valence electrons. The molecule has 4 rings (SSSR count). The summed E-state index contributed by atoms with van der Waals surface area (Å²) >= 11 is 0. The minimum Gasteiger partial charge on any atom is -0.369 e. The van der Waals surface area contributed by atoms with Gasteiger partial charge in [-0.05, 0) is 36.3 Å². The minimum atomic E-state index is -0.799. The van der Waals surface area contributed by atoms with Gasteiger partial charge in [0.05, 0.1) is 7.05 Å². The van der Waals surface area contributed by atoms with Gasteiger partial charge in [-0.2, -0.15) is 0 Å². The second-order valence-electron chi connectivity index (χ2n) is 7.59. The predicted octanol–water partition coefficient (Wildman–Crippen LogP) is 3.13. The highest BCUT2D eigenvalue weighted by atomic mass is 16.1. The van der Waals surface area contributed by atoms with Crippen LogP contribution in [0.4, 0.5) is 0 Å². The third-order valence-corrected chi connectivity index (χ3v) is 6.08. The Morgan fingerprint density at radius 2 is 1.63 bits per heavy atom. The molecule has 4 nitrogen and oxygen atoms in total. The van der Waals surface area contributed by atoms with Gasteiger partial charge < -0.3 is 5.73 Å². The number of nitrogens with two attached hydrogens (primary N) is 1. The summed E-state index contributed by atoms with van der Waals surface area (Å²) in [5.41, 5.74) is 7.34. The zero-order valence-corrected chi connectivity index (χ0v) is 15.7. The number of hydrogen-bond acceptors (Lipinski definition) is 1. The molecule has 0 bridgehead atoms. The minimum absolute atomic E-state index is 0.164. The summed E-state index contributed by atoms with van der Waals surface area (Å²) in [6.45, 7) is 0. The standard InChI is InChI=1S/C23H25N3O/c1-25-14-15-26(17-25)21-13-12-20(16-21)23(22(24)27,18-8-4-2-5-9-18)19-10-6-3-7-11-19/h2-11,14-15,17,20-21H,12-13,16H2,1H3,(H-,24,27)/p+1/t20-,21+/m1/s1. The molecule has 2 N–H and O–H groups in total. The molecule has 0 radical (unpaired) electrons. The number of imidazole rings is 1. The Balaban J connectivity index is 1.80. The molecule has 1 fully saturated rings. The predicted molar refractivity (Wildman–Crippen MR) is 105 cm³/mol. The van der Waals surface area contributed by atoms with Crippen LogP contribution in [0.3, 0.4) is 0 Å². The van der Waals surface area contributed by atoms with Gasteiger partial charge in [0.2, 0.25) is 12.2 Å². The molecule has 4 heteroatoms. The van der Waals surface area contributed by atoms with Gasteiger partial charge in [0, 0.05) is 0 Å². The van der Waals surface area contributed by atoms with E-state index < -0.39 is 5.41 Å². The fourth-order valence-corrected chi connectivity index (χ4v) is 4.83. The monoisotopic (exact) mass is 360 g/mol. The van der Waals surface area contributed by atoms with Gasteiger partial charge in [0.25, 0.3) is 0 Å². The highest BCUT2D eigenvalue weighted by Gasteiger charge is 2.50. The van der Waals surface area contributed by atoms with Crippen LogP contribution in [0.2, 0.25) is 0 Å². The van der Waals surface area contributed by atoms with E-state index >= 15 is 0 Å². The van der Waals surface area contributed by atoms with Crippen LogP contribution in [-0.2, 0) is 17.3 Å². The lowest BCUT2D eigenvalue weighted by molar-refractivity contribution is -0.671. The van der Waals surface area contributed by atoms with Crippen molar-refractivity contribution in [2.75, 3.05) is 0 Å². The van der Waals surface area contributed by atoms with Crippen molar-refractivity contribution in [3.8, 4) is 0 Å². The molecule has 0 unspecified atom stereocenters. The number of nitrogens with zero attached hydrogens (tertiary/aromatic N) is 2. The van der Waals surface area contributed by atoms with Crippen molar-refractivity contribution in [1.29, 1.82) is 0 Å². The van der Waals surface area contributed by atoms with Gasteiger partial charge in [-0.1, -0.05) is 60.7 Å². The van der Waals surface area contributed by atoms with Crippen molar-refractivity contribution in [2.45, 2.75) is 30.7 Å². The number of carbonyl (C=O) groups is 1. The van der Waals surface area contributed by atoms with E-state index in [-0.39, 0.29) is 11.8 Å². The van der Waals surface area contributed by atoms with E-state index in [2.05, 4.69) is 27.9 Å². The Morgan fingerprint density at radius 3 is 2.11 bits per heavy atom. The average molecular weight is 360 g/mol. The van der Waals surface area contributed by atoms with Crippen molar-refractivity contribution in [2.24, 2.45) is 18.7 Å². The molecule has 27 heavy (non-hydrogen) atoms. The van der Waals surface area contributed by atoms with E-state index in [1.165, 1.54) is 0 Å². The van der Waals surface area contributed by atoms with Gasteiger partial charge in [-0.15, -0.1) is 0 Å². The van der Waals surface area contributed by atoms with Crippen molar-refractivity contribution >= 4 is 5.91 Å². The van der Waals surface area contributed by atoms with Crippen LogP contribution < -0.4 is 10.3 Å². The zero-order valence-electron chi connectivity index (χ0n) is 15.7. The number of benzene rings is 2. The fraction of sp³-hybridized carbons (Fsp3) is 0.304. The normalized spacial score (nSPS) is 19.9. The molecule has 1 aliphatic rings. The van der Waals surface area contributed by atoms with E-state index in [1.54, 1.807) is 0 Å². The summed E-state index contributed by atoms with van der Waals surface area (Å²) in [6, 6.07) is 20.5. The Morgan fingerprint density at radius 1 is 1.04 bits per heavy atom. The van der Waals surface area contributed by atoms with Crippen molar-refractivity contribution in [3.63, 3.8) is 0 Å². The third kappa shape index (κ3) is 2.95. The summed E-state index contributed by atoms with van der Waals surface area (Å²) in [7, 11) is 2.03. The van der Waals surface area contributed by atoms with Crippen LogP contribution in [-0.4, -0.2) is 10.5 Å². The summed E-state index contributed by atoms with van der Waals surface area (Å²) in [6.07, 6.45) is 9.24. The number of hydrogen-bond donors (Lipinski definition) is 1. The van der Waals surface area contributed by atoms with Crippen molar-refractivity contribution in [1.82, 2.24) is 4.57 Å². The lowest BCUT2D eigenvalue weighted by Crippen LogP contribution is -2.47. The van der Waals surface area contributed by atoms with Gasteiger partial charge in [-0.25, -0.2) is 9.13 Å². The van der Waals surface area contributed by atoms with Crippen molar-refractivity contribution in [3.05, 3.63) is 90.5 Å². The summed E-state index contributed by atoms with van der Waals surface area (Å²) < 4.78 is 4.32. The van der Waals surface area contributed by atoms with Crippen LogP contribution in [0.5, 0.6) is 0 Å². The topological polar surface area (TPSA) is 51.9 Å². The number of rotatable bonds is 5. The first kappa shape index (κ1) is 17.5. The maximum absolute atomic E-state index is 13.1. The SMILES string of the molecule is C[n+]1ccn([C@H]2CC[C@@H](C(C(N)=O)(c3ccccc3)c3ccccc3)C2)c1. The van der Waals surface area contributed by atoms with Crippen LogP contribution in [0.15, 0.2) is 79.4 Å². The van der Waals surface area contributed by atoms with Crippen LogP contribution in [0.25, 0.3) is 0 Å². The quantitative estimate of drug-likeness (QED) is 0.698. The molecule has 1 heterocycles. The summed E-state index contributed by atoms with van der Waals surface area (Å²) in [5.74, 6) is -0.0962. The maximum Gasteiger partial charge on any atom is 0.243 e. The lowest BCUT2D eigenvalue weighted by atomic mass is 9.64. The fourth-order valence-electron chi connectivity index (χ4n) is 4.83. The molecule has 1 amide bonds. The smallest absolute Gasteiger partial charge is 0.243 e. The number of carbonyl (C=O) groups excluding carboxylic acids is 1. The van der Waals surface area contributed by atoms with Crippen LogP contribution in [0, 0.1) is 5.92 Å². The van der Waals surface area contributed by atoms with E-state index in [9.17, 15) is 4.79 Å². The van der Waals surface area contributed by atoms with Gasteiger partial charge in [-0.3, -0.25) is 4.79 Å². The number of primary amides is 1. The molecule has 1 aliphatic carbocycles. The number of aromatic nitrogens is 2. The van der Waals surface area contributed by atoms with Gasteiger partial charge >= 0.3 is 0 Å². The Hall–Kier alpha value is -2.88.